The molecule has 0 spiro atoms. The number of fused-ring (bicyclic) bond motifs is 1. The van der Waals surface area contributed by atoms with Crippen molar-refractivity contribution in [1.29, 1.82) is 0 Å². The van der Waals surface area contributed by atoms with E-state index in [2.05, 4.69) is 21.3 Å². The van der Waals surface area contributed by atoms with E-state index in [0.29, 0.717) is 0 Å². The number of rotatable bonds is 6. The number of esters is 2. The van der Waals surface area contributed by atoms with Gasteiger partial charge in [-0.3, -0.25) is 29.8 Å². The van der Waals surface area contributed by atoms with Crippen LogP contribution in [-0.4, -0.2) is 90.1 Å². The molecule has 0 aliphatic carbocycles. The van der Waals surface area contributed by atoms with Crippen molar-refractivity contribution >= 4 is 23.8 Å². The van der Waals surface area contributed by atoms with E-state index in [-0.39, 0.29) is 24.4 Å². The molecular formula is C18H29N5O8. The quantitative estimate of drug-likeness (QED) is 0.264. The first-order valence-corrected chi connectivity index (χ1v) is 10.1. The first-order valence-electron chi connectivity index (χ1n) is 10.1. The fourth-order valence-corrected chi connectivity index (χ4v) is 3.89. The minimum Gasteiger partial charge on any atom is -0.456 e. The minimum absolute atomic E-state index is 0.175. The molecule has 0 radical (unpaired) electrons. The van der Waals surface area contributed by atoms with Gasteiger partial charge >= 0.3 is 11.9 Å². The number of carbonyl (C=O) groups is 4. The molecule has 3 saturated heterocycles. The lowest BCUT2D eigenvalue weighted by Gasteiger charge is -2.39. The van der Waals surface area contributed by atoms with Crippen molar-refractivity contribution < 1.29 is 38.5 Å². The first-order chi connectivity index (χ1) is 14.6. The van der Waals surface area contributed by atoms with E-state index in [1.54, 1.807) is 18.7 Å². The Morgan fingerprint density at radius 3 is 2.45 bits per heavy atom. The molecule has 0 aromatic rings. The van der Waals surface area contributed by atoms with Crippen LogP contribution in [0.2, 0.25) is 0 Å². The number of amides is 2. The summed E-state index contributed by atoms with van der Waals surface area (Å²) in [7, 11) is 0. The second kappa shape index (κ2) is 9.44. The number of carbonyl (C=O) groups excluding carboxylic acids is 4. The Morgan fingerprint density at radius 2 is 1.87 bits per heavy atom. The summed E-state index contributed by atoms with van der Waals surface area (Å²) in [5.74, 6) is -2.10. The third kappa shape index (κ3) is 4.96. The van der Waals surface area contributed by atoms with Crippen molar-refractivity contribution in [2.75, 3.05) is 13.3 Å². The fraction of sp³-hybridized carbons (Fsp3) is 0.778. The van der Waals surface area contributed by atoms with E-state index in [9.17, 15) is 24.3 Å². The zero-order valence-electron chi connectivity index (χ0n) is 17.8. The van der Waals surface area contributed by atoms with E-state index >= 15 is 0 Å². The average molecular weight is 443 g/mol. The maximum atomic E-state index is 12.6. The first kappa shape index (κ1) is 23.3. The Bertz CT molecular complexity index is 734. The second-order valence-corrected chi connectivity index (χ2v) is 7.97. The van der Waals surface area contributed by atoms with Crippen LogP contribution >= 0.6 is 0 Å². The smallest absolute Gasteiger partial charge is 0.303 e. The number of nitrogens with zero attached hydrogens (tertiary/aromatic N) is 1. The molecule has 2 amide bonds. The summed E-state index contributed by atoms with van der Waals surface area (Å²) >= 11 is 0. The van der Waals surface area contributed by atoms with Gasteiger partial charge in [0, 0.05) is 19.8 Å². The number of hydrogen-bond acceptors (Lipinski definition) is 11. The van der Waals surface area contributed by atoms with Crippen LogP contribution in [0.15, 0.2) is 0 Å². The van der Waals surface area contributed by atoms with Crippen LogP contribution in [0.5, 0.6) is 0 Å². The molecule has 3 aliphatic heterocycles. The molecule has 31 heavy (non-hydrogen) atoms. The summed E-state index contributed by atoms with van der Waals surface area (Å²) in [6.07, 6.45) is -5.36. The van der Waals surface area contributed by atoms with Gasteiger partial charge in [-0.05, 0) is 0 Å². The normalized spacial score (nSPS) is 35.4. The predicted molar refractivity (Wildman–Crippen MR) is 102 cm³/mol. The molecule has 174 valence electrons. The van der Waals surface area contributed by atoms with Gasteiger partial charge in [0.25, 0.3) is 0 Å². The van der Waals surface area contributed by atoms with Crippen LogP contribution < -0.4 is 21.3 Å². The zero-order chi connectivity index (χ0) is 22.9. The van der Waals surface area contributed by atoms with E-state index < -0.39 is 61.6 Å². The second-order valence-electron chi connectivity index (χ2n) is 7.97. The van der Waals surface area contributed by atoms with Gasteiger partial charge in [-0.15, -0.1) is 0 Å². The Labute approximate surface area is 179 Å². The highest BCUT2D eigenvalue weighted by Crippen LogP contribution is 2.32. The van der Waals surface area contributed by atoms with E-state index in [1.165, 1.54) is 13.8 Å². The van der Waals surface area contributed by atoms with Gasteiger partial charge in [-0.1, -0.05) is 13.8 Å². The lowest BCUT2D eigenvalue weighted by Crippen LogP contribution is -2.72. The number of hydrogen-bond donors (Lipinski definition) is 5. The van der Waals surface area contributed by atoms with Crippen LogP contribution in [0.4, 0.5) is 0 Å². The van der Waals surface area contributed by atoms with E-state index in [4.69, 9.17) is 14.2 Å². The van der Waals surface area contributed by atoms with Crippen LogP contribution in [0, 0.1) is 5.92 Å². The highest BCUT2D eigenvalue weighted by atomic mass is 16.6. The maximum absolute atomic E-state index is 12.6. The van der Waals surface area contributed by atoms with Crippen molar-refractivity contribution in [1.82, 2.24) is 26.2 Å². The molecule has 0 bridgehead atoms. The molecule has 0 saturated carbocycles. The molecule has 3 unspecified atom stereocenters. The fourth-order valence-electron chi connectivity index (χ4n) is 3.89. The molecule has 7 atom stereocenters. The van der Waals surface area contributed by atoms with Gasteiger partial charge < -0.3 is 30.0 Å². The molecule has 3 heterocycles. The third-order valence-corrected chi connectivity index (χ3v) is 5.28. The standard InChI is InChI=1S/C18H29N5O8/c1-7(2)15(27)21-18-20-14-11(16(28)22-18)19-6-23(14)17-13(30-9(4)26)12(29-8(3)25)10(5-24)31-17/h7,10-14,17-20,24H,5-6H2,1-4H3,(H,21,27)(H,22,28)/t10-,11?,12-,13-,14?,17-,18?/m1/s1. The zero-order valence-corrected chi connectivity index (χ0v) is 17.8. The Hall–Kier alpha value is -2.32. The molecule has 13 heteroatoms. The lowest BCUT2D eigenvalue weighted by molar-refractivity contribution is -0.169. The Morgan fingerprint density at radius 1 is 1.23 bits per heavy atom. The predicted octanol–water partition coefficient (Wildman–Crippen LogP) is -3.10. The monoisotopic (exact) mass is 443 g/mol. The van der Waals surface area contributed by atoms with Crippen molar-refractivity contribution in [3.8, 4) is 0 Å². The molecule has 13 nitrogen and oxygen atoms in total. The van der Waals surface area contributed by atoms with Crippen LogP contribution in [0.25, 0.3) is 0 Å². The summed E-state index contributed by atoms with van der Waals surface area (Å²) in [4.78, 5) is 49.6. The maximum Gasteiger partial charge on any atom is 0.303 e. The van der Waals surface area contributed by atoms with Crippen molar-refractivity contribution in [3.63, 3.8) is 0 Å². The topological polar surface area (TPSA) is 168 Å². The lowest BCUT2D eigenvalue weighted by atomic mass is 10.1. The molecule has 3 rings (SSSR count). The Kier molecular flexibility index (Phi) is 7.11. The van der Waals surface area contributed by atoms with Crippen molar-refractivity contribution in [2.45, 2.75) is 70.7 Å². The highest BCUT2D eigenvalue weighted by Gasteiger charge is 2.56. The van der Waals surface area contributed by atoms with Gasteiger partial charge in [0.15, 0.2) is 24.7 Å². The molecule has 0 aromatic carbocycles. The highest BCUT2D eigenvalue weighted by molar-refractivity contribution is 5.85. The van der Waals surface area contributed by atoms with Gasteiger partial charge in [-0.25, -0.2) is 4.90 Å². The molecule has 0 aromatic heterocycles. The van der Waals surface area contributed by atoms with Crippen LogP contribution in [0.1, 0.15) is 27.7 Å². The Balaban J connectivity index is 1.82. The molecule has 3 aliphatic rings. The number of aliphatic hydroxyl groups excluding tert-OH is 1. The number of aliphatic hydroxyl groups is 1. The van der Waals surface area contributed by atoms with Gasteiger partial charge in [0.05, 0.1) is 19.4 Å². The van der Waals surface area contributed by atoms with Crippen LogP contribution in [-0.2, 0) is 33.4 Å². The summed E-state index contributed by atoms with van der Waals surface area (Å²) in [6, 6.07) is -0.672. The minimum atomic E-state index is -1.03. The van der Waals surface area contributed by atoms with Crippen LogP contribution in [0.3, 0.4) is 0 Å². The van der Waals surface area contributed by atoms with Gasteiger partial charge in [0.2, 0.25) is 11.8 Å². The van der Waals surface area contributed by atoms with E-state index in [0.717, 1.165) is 0 Å². The van der Waals surface area contributed by atoms with Crippen molar-refractivity contribution in [3.05, 3.63) is 0 Å². The largest absolute Gasteiger partial charge is 0.456 e. The summed E-state index contributed by atoms with van der Waals surface area (Å²) in [6.45, 7) is 5.58. The molecular weight excluding hydrogens is 414 g/mol. The van der Waals surface area contributed by atoms with Gasteiger partial charge in [-0.2, -0.15) is 0 Å². The summed E-state index contributed by atoms with van der Waals surface area (Å²) in [5.41, 5.74) is 0. The van der Waals surface area contributed by atoms with Gasteiger partial charge in [0.1, 0.15) is 12.1 Å². The summed E-state index contributed by atoms with van der Waals surface area (Å²) in [5, 5.41) is 21.3. The molecule has 3 fully saturated rings. The van der Waals surface area contributed by atoms with E-state index in [1.807, 2.05) is 0 Å². The number of nitrogens with one attached hydrogen (secondary N) is 4. The molecule has 5 N–H and O–H groups in total. The average Bonchev–Trinajstić information content (AvgIpc) is 3.23. The summed E-state index contributed by atoms with van der Waals surface area (Å²) < 4.78 is 16.5. The van der Waals surface area contributed by atoms with Crippen molar-refractivity contribution in [2.24, 2.45) is 5.92 Å². The third-order valence-electron chi connectivity index (χ3n) is 5.28. The number of ether oxygens (including phenoxy) is 3. The SMILES string of the molecule is CC(=O)O[C@@H]1[C@H](OC(C)=O)[C@@H](CO)O[C@H]1N1CNC2C(=O)NC(NC(=O)C(C)C)NC21.